The molecule has 0 saturated heterocycles. The lowest BCUT2D eigenvalue weighted by atomic mass is 9.73. The van der Waals surface area contributed by atoms with Gasteiger partial charge in [0.15, 0.2) is 0 Å². The van der Waals surface area contributed by atoms with E-state index in [2.05, 4.69) is 17.4 Å². The number of benzene rings is 2. The second kappa shape index (κ2) is 16.6. The van der Waals surface area contributed by atoms with Gasteiger partial charge in [-0.3, -0.25) is 14.4 Å². The molecule has 2 aliphatic rings. The number of hydrogen-bond acceptors (Lipinski definition) is 6. The first kappa shape index (κ1) is 32.7. The molecular formula is C36H49NO6. The molecule has 2 saturated carbocycles. The minimum absolute atomic E-state index is 0.00104. The molecule has 43 heavy (non-hydrogen) atoms. The van der Waals surface area contributed by atoms with E-state index in [0.29, 0.717) is 32.5 Å². The third kappa shape index (κ3) is 9.40. The third-order valence-corrected chi connectivity index (χ3v) is 9.46. The fraction of sp³-hybridized carbons (Fsp3) is 0.583. The minimum Gasteiger partial charge on any atom is -0.466 e. The molecule has 7 heteroatoms. The van der Waals surface area contributed by atoms with Gasteiger partial charge in [0.25, 0.3) is 0 Å². The monoisotopic (exact) mass is 591 g/mol. The lowest BCUT2D eigenvalue weighted by Gasteiger charge is -2.38. The summed E-state index contributed by atoms with van der Waals surface area (Å²) >= 11 is 0. The second-order valence-corrected chi connectivity index (χ2v) is 12.4. The quantitative estimate of drug-likeness (QED) is 0.240. The van der Waals surface area contributed by atoms with Gasteiger partial charge in [0.05, 0.1) is 23.9 Å². The highest BCUT2D eigenvalue weighted by Gasteiger charge is 2.46. The molecular weight excluding hydrogens is 542 g/mol. The number of ether oxygens (including phenoxy) is 3. The Morgan fingerprint density at radius 2 is 1.60 bits per heavy atom. The Hall–Kier alpha value is -3.19. The lowest BCUT2D eigenvalue weighted by Crippen LogP contribution is -2.49. The van der Waals surface area contributed by atoms with E-state index in [1.807, 2.05) is 55.5 Å². The average molecular weight is 592 g/mol. The molecule has 4 rings (SSSR count). The molecule has 2 aromatic rings. The van der Waals surface area contributed by atoms with E-state index < -0.39 is 11.3 Å². The van der Waals surface area contributed by atoms with Crippen LogP contribution >= 0.6 is 0 Å². The summed E-state index contributed by atoms with van der Waals surface area (Å²) in [5.74, 6) is -0.755. The highest BCUT2D eigenvalue weighted by molar-refractivity contribution is 5.84. The molecule has 0 spiro atoms. The number of carbonyl (C=O) groups excluding carboxylic acids is 3. The normalized spacial score (nSPS) is 22.0. The van der Waals surface area contributed by atoms with E-state index in [1.54, 1.807) is 7.11 Å². The van der Waals surface area contributed by atoms with Crippen LogP contribution < -0.4 is 5.32 Å². The van der Waals surface area contributed by atoms with Gasteiger partial charge in [-0.05, 0) is 81.8 Å². The van der Waals surface area contributed by atoms with Crippen molar-refractivity contribution in [2.75, 3.05) is 20.3 Å². The maximum Gasteiger partial charge on any atom is 0.309 e. The summed E-state index contributed by atoms with van der Waals surface area (Å²) in [5.41, 5.74) is 1.60. The zero-order valence-electron chi connectivity index (χ0n) is 25.9. The Kier molecular flexibility index (Phi) is 12.6. The number of aryl methyl sites for hydroxylation is 1. The second-order valence-electron chi connectivity index (χ2n) is 12.4. The van der Waals surface area contributed by atoms with E-state index in [9.17, 15) is 14.4 Å². The van der Waals surface area contributed by atoms with Crippen LogP contribution in [-0.2, 0) is 41.6 Å². The lowest BCUT2D eigenvalue weighted by molar-refractivity contribution is -0.153. The van der Waals surface area contributed by atoms with Crippen molar-refractivity contribution in [2.24, 2.45) is 23.2 Å². The Labute approximate surface area is 257 Å². The first-order valence-corrected chi connectivity index (χ1v) is 16.1. The van der Waals surface area contributed by atoms with Gasteiger partial charge in [-0.1, -0.05) is 73.5 Å². The van der Waals surface area contributed by atoms with Gasteiger partial charge in [0.2, 0.25) is 5.91 Å². The molecule has 4 unspecified atom stereocenters. The summed E-state index contributed by atoms with van der Waals surface area (Å²) < 4.78 is 16.5. The van der Waals surface area contributed by atoms with Crippen molar-refractivity contribution in [2.45, 2.75) is 90.2 Å². The van der Waals surface area contributed by atoms with E-state index in [1.165, 1.54) is 5.56 Å². The average Bonchev–Trinajstić information content (AvgIpc) is 3.52. The summed E-state index contributed by atoms with van der Waals surface area (Å²) in [5, 5.41) is 3.41. The van der Waals surface area contributed by atoms with Crippen molar-refractivity contribution in [1.29, 1.82) is 0 Å². The van der Waals surface area contributed by atoms with Gasteiger partial charge >= 0.3 is 11.9 Å². The molecule has 7 nitrogen and oxygen atoms in total. The highest BCUT2D eigenvalue weighted by atomic mass is 16.5. The van der Waals surface area contributed by atoms with Gasteiger partial charge in [-0.25, -0.2) is 0 Å². The van der Waals surface area contributed by atoms with Crippen LogP contribution in [0.5, 0.6) is 0 Å². The number of rotatable bonds is 15. The number of esters is 2. The summed E-state index contributed by atoms with van der Waals surface area (Å²) in [7, 11) is 1.63. The van der Waals surface area contributed by atoms with Crippen molar-refractivity contribution < 1.29 is 28.6 Å². The molecule has 2 aliphatic carbocycles. The first-order valence-electron chi connectivity index (χ1n) is 16.1. The van der Waals surface area contributed by atoms with Gasteiger partial charge in [-0.2, -0.15) is 0 Å². The number of nitrogens with one attached hydrogen (secondary N) is 1. The molecule has 234 valence electrons. The smallest absolute Gasteiger partial charge is 0.309 e. The summed E-state index contributed by atoms with van der Waals surface area (Å²) in [6.07, 6.45) is 8.43. The predicted octanol–water partition coefficient (Wildman–Crippen LogP) is 6.43. The molecule has 0 radical (unpaired) electrons. The molecule has 2 fully saturated rings. The molecule has 4 atom stereocenters. The van der Waals surface area contributed by atoms with Crippen LogP contribution in [0.25, 0.3) is 0 Å². The van der Waals surface area contributed by atoms with Crippen molar-refractivity contribution in [1.82, 2.24) is 5.32 Å². The van der Waals surface area contributed by atoms with E-state index >= 15 is 0 Å². The summed E-state index contributed by atoms with van der Waals surface area (Å²) in [6, 6.07) is 20.0. The Balaban J connectivity index is 1.42. The van der Waals surface area contributed by atoms with Crippen LogP contribution in [-0.4, -0.2) is 44.2 Å². The van der Waals surface area contributed by atoms with Crippen molar-refractivity contribution in [3.63, 3.8) is 0 Å². The van der Waals surface area contributed by atoms with Crippen LogP contribution in [0.3, 0.4) is 0 Å². The molecule has 2 aromatic carbocycles. The van der Waals surface area contributed by atoms with Gasteiger partial charge in [0.1, 0.15) is 6.61 Å². The predicted molar refractivity (Wildman–Crippen MR) is 166 cm³/mol. The van der Waals surface area contributed by atoms with Crippen molar-refractivity contribution in [3.8, 4) is 0 Å². The van der Waals surface area contributed by atoms with Crippen LogP contribution in [0, 0.1) is 23.2 Å². The first-order chi connectivity index (χ1) is 20.9. The maximum atomic E-state index is 14.1. The molecule has 0 aliphatic heterocycles. The molecule has 1 N–H and O–H groups in total. The molecule has 1 amide bonds. The zero-order chi connectivity index (χ0) is 30.5. The summed E-state index contributed by atoms with van der Waals surface area (Å²) in [4.78, 5) is 40.2. The van der Waals surface area contributed by atoms with Gasteiger partial charge in [-0.15, -0.1) is 0 Å². The standard InChI is InChI=1S/C36H49NO6/c1-3-42-34(39)32-19-18-31(24-29(32)17-16-27-12-6-4-7-13-27)37-35(40)36(21-10-11-22-36)25-30(20-23-41-2)33(38)43-26-28-14-8-5-9-15-28/h4-9,12-15,29-32H,3,10-11,16-26H2,1-2H3,(H,37,40). The fourth-order valence-corrected chi connectivity index (χ4v) is 7.07. The molecule has 0 heterocycles. The molecule has 0 aromatic heterocycles. The SMILES string of the molecule is CCOC(=O)C1CCC(NC(=O)C2(CC(CCOC)C(=O)OCc3ccccc3)CCCC2)CC1CCc1ccccc1. The van der Waals surface area contributed by atoms with Gasteiger partial charge in [0, 0.05) is 19.8 Å². The van der Waals surface area contributed by atoms with Crippen LogP contribution in [0.15, 0.2) is 60.7 Å². The van der Waals surface area contributed by atoms with Crippen LogP contribution in [0.2, 0.25) is 0 Å². The van der Waals surface area contributed by atoms with Crippen molar-refractivity contribution >= 4 is 17.8 Å². The third-order valence-electron chi connectivity index (χ3n) is 9.46. The van der Waals surface area contributed by atoms with E-state index in [0.717, 1.165) is 56.9 Å². The number of amides is 1. The van der Waals surface area contributed by atoms with Crippen LogP contribution in [0.1, 0.15) is 82.3 Å². The van der Waals surface area contributed by atoms with Gasteiger partial charge < -0.3 is 19.5 Å². The topological polar surface area (TPSA) is 90.9 Å². The zero-order valence-corrected chi connectivity index (χ0v) is 25.9. The maximum absolute atomic E-state index is 14.1. The fourth-order valence-electron chi connectivity index (χ4n) is 7.07. The Morgan fingerprint density at radius 3 is 2.26 bits per heavy atom. The number of carbonyl (C=O) groups is 3. The number of hydrogen-bond donors (Lipinski definition) is 1. The van der Waals surface area contributed by atoms with Crippen molar-refractivity contribution in [3.05, 3.63) is 71.8 Å². The largest absolute Gasteiger partial charge is 0.466 e. The van der Waals surface area contributed by atoms with Crippen LogP contribution in [0.4, 0.5) is 0 Å². The summed E-state index contributed by atoms with van der Waals surface area (Å²) in [6.45, 7) is 2.88. The Bertz CT molecular complexity index is 1150. The minimum atomic E-state index is -0.596. The Morgan fingerprint density at radius 1 is 0.930 bits per heavy atom. The number of methoxy groups -OCH3 is 1. The highest BCUT2D eigenvalue weighted by Crippen LogP contribution is 2.45. The van der Waals surface area contributed by atoms with E-state index in [-0.39, 0.29) is 42.3 Å². The molecule has 0 bridgehead atoms. The van der Waals surface area contributed by atoms with E-state index in [4.69, 9.17) is 14.2 Å².